The number of rotatable bonds is 1. The number of aliphatic imine (C=N–C) groups is 1. The maximum atomic E-state index is 4.86. The monoisotopic (exact) mass is 301 g/mol. The number of hydrazine groups is 1. The Morgan fingerprint density at radius 2 is 1.09 bits per heavy atom. The normalized spacial score (nSPS) is 16.1. The summed E-state index contributed by atoms with van der Waals surface area (Å²) in [6.07, 6.45) is 0. The molecule has 122 valence electrons. The maximum absolute atomic E-state index is 4.86. The molecule has 0 aromatic heterocycles. The molecule has 0 bridgehead atoms. The quantitative estimate of drug-likeness (QED) is 0.672. The van der Waals surface area contributed by atoms with E-state index in [0.717, 1.165) is 11.6 Å². The highest BCUT2D eigenvalue weighted by atomic mass is 15.9. The molecular formula is C19H31N3. The fraction of sp³-hybridized carbons (Fsp3) is 0.632. The first-order chi connectivity index (χ1) is 9.82. The Kier molecular flexibility index (Phi) is 3.83. The molecule has 0 unspecified atom stereocenters. The van der Waals surface area contributed by atoms with Gasteiger partial charge in [-0.2, -0.15) is 0 Å². The van der Waals surface area contributed by atoms with Gasteiger partial charge in [-0.1, -0.05) is 32.9 Å². The van der Waals surface area contributed by atoms with E-state index in [4.69, 9.17) is 4.99 Å². The molecule has 22 heavy (non-hydrogen) atoms. The summed E-state index contributed by atoms with van der Waals surface area (Å²) in [7, 11) is 0. The minimum absolute atomic E-state index is 0.0530. The predicted octanol–water partition coefficient (Wildman–Crippen LogP) is 5.10. The van der Waals surface area contributed by atoms with Crippen LogP contribution in [0.5, 0.6) is 0 Å². The first kappa shape index (κ1) is 16.9. The van der Waals surface area contributed by atoms with Gasteiger partial charge in [0.1, 0.15) is 0 Å². The molecule has 2 rings (SSSR count). The molecule has 1 saturated heterocycles. The average molecular weight is 301 g/mol. The van der Waals surface area contributed by atoms with Gasteiger partial charge in [0.05, 0.1) is 16.8 Å². The lowest BCUT2D eigenvalue weighted by Gasteiger charge is -2.27. The number of hydrogen-bond acceptors (Lipinski definition) is 1. The van der Waals surface area contributed by atoms with E-state index < -0.39 is 0 Å². The van der Waals surface area contributed by atoms with Crippen LogP contribution in [0.4, 0.5) is 5.69 Å². The van der Waals surface area contributed by atoms with Gasteiger partial charge >= 0.3 is 0 Å². The number of hydrogen-bond donors (Lipinski definition) is 0. The zero-order chi connectivity index (χ0) is 16.9. The van der Waals surface area contributed by atoms with E-state index in [1.165, 1.54) is 5.56 Å². The summed E-state index contributed by atoms with van der Waals surface area (Å²) in [4.78, 5) is 4.86. The van der Waals surface area contributed by atoms with Crippen LogP contribution in [-0.2, 0) is 5.41 Å². The highest BCUT2D eigenvalue weighted by Gasteiger charge is 2.52. The average Bonchev–Trinajstić information content (AvgIpc) is 3.02. The third-order valence-corrected chi connectivity index (χ3v) is 3.77. The SMILES string of the molecule is CC(C)(C)c1ccc(N=C2N(C(C)(C)C)N2C(C)(C)C)cc1. The molecule has 0 radical (unpaired) electrons. The maximum Gasteiger partial charge on any atom is 0.241 e. The summed E-state index contributed by atoms with van der Waals surface area (Å²) in [5.41, 5.74) is 2.64. The minimum Gasteiger partial charge on any atom is -0.244 e. The van der Waals surface area contributed by atoms with E-state index >= 15 is 0 Å². The number of guanidine groups is 1. The molecule has 1 fully saturated rings. The second kappa shape index (κ2) is 5.00. The van der Waals surface area contributed by atoms with Crippen LogP contribution in [0.15, 0.2) is 29.3 Å². The van der Waals surface area contributed by atoms with E-state index in [1.54, 1.807) is 0 Å². The van der Waals surface area contributed by atoms with Gasteiger partial charge in [0, 0.05) is 0 Å². The standard InChI is InChI=1S/C19H31N3/c1-17(2,3)14-10-12-15(13-11-14)20-16-21(18(4,5)6)22(16)19(7,8)9/h10-13H,1-9H3. The lowest BCUT2D eigenvalue weighted by atomic mass is 9.87. The second-order valence-corrected chi connectivity index (χ2v) is 9.17. The van der Waals surface area contributed by atoms with Crippen molar-refractivity contribution in [1.82, 2.24) is 10.0 Å². The fourth-order valence-corrected chi connectivity index (χ4v) is 2.58. The molecule has 1 aromatic carbocycles. The van der Waals surface area contributed by atoms with Crippen molar-refractivity contribution in [3.8, 4) is 0 Å². The molecule has 0 atom stereocenters. The van der Waals surface area contributed by atoms with E-state index in [-0.39, 0.29) is 16.5 Å². The van der Waals surface area contributed by atoms with Crippen LogP contribution in [0.3, 0.4) is 0 Å². The molecule has 1 aromatic rings. The van der Waals surface area contributed by atoms with Crippen molar-refractivity contribution in [3.05, 3.63) is 29.8 Å². The van der Waals surface area contributed by atoms with Crippen molar-refractivity contribution in [1.29, 1.82) is 0 Å². The second-order valence-electron chi connectivity index (χ2n) is 9.17. The summed E-state index contributed by atoms with van der Waals surface area (Å²) in [6, 6.07) is 8.61. The van der Waals surface area contributed by atoms with E-state index in [9.17, 15) is 0 Å². The molecular weight excluding hydrogens is 270 g/mol. The van der Waals surface area contributed by atoms with Gasteiger partial charge in [-0.25, -0.2) is 15.0 Å². The van der Waals surface area contributed by atoms with Crippen LogP contribution in [0.25, 0.3) is 0 Å². The van der Waals surface area contributed by atoms with Gasteiger partial charge in [-0.3, -0.25) is 0 Å². The van der Waals surface area contributed by atoms with Gasteiger partial charge in [0.2, 0.25) is 5.96 Å². The molecule has 3 nitrogen and oxygen atoms in total. The number of nitrogens with zero attached hydrogens (tertiary/aromatic N) is 3. The van der Waals surface area contributed by atoms with Crippen molar-refractivity contribution in [2.24, 2.45) is 4.99 Å². The fourth-order valence-electron chi connectivity index (χ4n) is 2.58. The molecule has 0 spiro atoms. The predicted molar refractivity (Wildman–Crippen MR) is 95.4 cm³/mol. The molecule has 1 heterocycles. The van der Waals surface area contributed by atoms with Gasteiger partial charge in [-0.15, -0.1) is 0 Å². The van der Waals surface area contributed by atoms with Crippen LogP contribution < -0.4 is 0 Å². The number of benzene rings is 1. The lowest BCUT2D eigenvalue weighted by molar-refractivity contribution is 0.110. The molecule has 1 aliphatic rings. The third-order valence-electron chi connectivity index (χ3n) is 3.77. The zero-order valence-electron chi connectivity index (χ0n) is 15.7. The smallest absolute Gasteiger partial charge is 0.241 e. The van der Waals surface area contributed by atoms with Crippen molar-refractivity contribution in [3.63, 3.8) is 0 Å². The Bertz CT molecular complexity index is 541. The largest absolute Gasteiger partial charge is 0.244 e. The summed E-state index contributed by atoms with van der Waals surface area (Å²) in [5, 5.41) is 4.56. The van der Waals surface area contributed by atoms with Crippen molar-refractivity contribution < 1.29 is 0 Å². The molecule has 0 saturated carbocycles. The van der Waals surface area contributed by atoms with Crippen LogP contribution in [0.1, 0.15) is 67.9 Å². The molecule has 0 N–H and O–H groups in total. The Morgan fingerprint density at radius 1 is 0.682 bits per heavy atom. The van der Waals surface area contributed by atoms with Crippen LogP contribution in [0.2, 0.25) is 0 Å². The lowest BCUT2D eigenvalue weighted by Crippen LogP contribution is -2.36. The van der Waals surface area contributed by atoms with Crippen LogP contribution in [-0.4, -0.2) is 27.1 Å². The Labute approximate surface area is 136 Å². The Morgan fingerprint density at radius 3 is 1.41 bits per heavy atom. The minimum atomic E-state index is 0.0530. The van der Waals surface area contributed by atoms with Crippen LogP contribution in [0, 0.1) is 0 Å². The zero-order valence-corrected chi connectivity index (χ0v) is 15.7. The van der Waals surface area contributed by atoms with Crippen molar-refractivity contribution in [2.75, 3.05) is 0 Å². The summed E-state index contributed by atoms with van der Waals surface area (Å²) in [5.74, 6) is 1.06. The van der Waals surface area contributed by atoms with Gasteiger partial charge in [0.15, 0.2) is 0 Å². The van der Waals surface area contributed by atoms with E-state index in [1.807, 2.05) is 0 Å². The summed E-state index contributed by atoms with van der Waals surface area (Å²) in [6.45, 7) is 20.0. The summed E-state index contributed by atoms with van der Waals surface area (Å²) < 4.78 is 0. The Balaban J connectivity index is 2.29. The van der Waals surface area contributed by atoms with E-state index in [2.05, 4.69) is 96.6 Å². The molecule has 3 heteroatoms. The topological polar surface area (TPSA) is 18.4 Å². The van der Waals surface area contributed by atoms with Gasteiger partial charge < -0.3 is 0 Å². The van der Waals surface area contributed by atoms with Crippen LogP contribution >= 0.6 is 0 Å². The molecule has 0 aliphatic carbocycles. The molecule has 1 aliphatic heterocycles. The third kappa shape index (κ3) is 3.45. The molecule has 0 amide bonds. The first-order valence-electron chi connectivity index (χ1n) is 8.11. The van der Waals surface area contributed by atoms with Crippen molar-refractivity contribution >= 4 is 11.6 Å². The summed E-state index contributed by atoms with van der Waals surface area (Å²) >= 11 is 0. The first-order valence-corrected chi connectivity index (χ1v) is 8.11. The van der Waals surface area contributed by atoms with Crippen molar-refractivity contribution in [2.45, 2.75) is 78.8 Å². The van der Waals surface area contributed by atoms with Gasteiger partial charge in [-0.05, 0) is 64.7 Å². The van der Waals surface area contributed by atoms with E-state index in [0.29, 0.717) is 0 Å². The highest BCUT2D eigenvalue weighted by Crippen LogP contribution is 2.39. The highest BCUT2D eigenvalue weighted by molar-refractivity contribution is 5.94. The van der Waals surface area contributed by atoms with Gasteiger partial charge in [0.25, 0.3) is 0 Å². The Hall–Kier alpha value is -1.51.